The molecule has 2 aromatic carbocycles. The number of rotatable bonds is 7. The largest absolute Gasteiger partial charge is 0.368 e. The van der Waals surface area contributed by atoms with E-state index in [0.717, 1.165) is 43.4 Å². The Morgan fingerprint density at radius 3 is 2.21 bits per heavy atom. The Bertz CT molecular complexity index is 1050. The topological polar surface area (TPSA) is 61.4 Å². The van der Waals surface area contributed by atoms with Gasteiger partial charge >= 0.3 is 0 Å². The van der Waals surface area contributed by atoms with Gasteiger partial charge in [-0.05, 0) is 60.0 Å². The maximum Gasteiger partial charge on any atom is 0.234 e. The van der Waals surface area contributed by atoms with Gasteiger partial charge in [-0.3, -0.25) is 4.79 Å². The highest BCUT2D eigenvalue weighted by molar-refractivity contribution is 7.99. The molecule has 6 nitrogen and oxygen atoms in total. The number of piperazine rings is 1. The zero-order valence-electron chi connectivity index (χ0n) is 18.9. The number of carbonyl (C=O) groups excluding carboxylic acids is 1. The van der Waals surface area contributed by atoms with E-state index in [1.54, 1.807) is 0 Å². The molecule has 0 bridgehead atoms. The van der Waals surface area contributed by atoms with Crippen LogP contribution >= 0.6 is 11.8 Å². The van der Waals surface area contributed by atoms with Gasteiger partial charge in [0.1, 0.15) is 10.8 Å². The predicted molar refractivity (Wildman–Crippen MR) is 133 cm³/mol. The minimum atomic E-state index is -0.219. The van der Waals surface area contributed by atoms with Crippen LogP contribution in [0.15, 0.2) is 65.7 Å². The predicted octanol–water partition coefficient (Wildman–Crippen LogP) is 4.80. The third-order valence-electron chi connectivity index (χ3n) is 5.63. The number of aromatic nitrogens is 2. The van der Waals surface area contributed by atoms with Gasteiger partial charge in [-0.1, -0.05) is 37.7 Å². The van der Waals surface area contributed by atoms with Crippen LogP contribution in [0.25, 0.3) is 0 Å². The molecule has 33 heavy (non-hydrogen) atoms. The van der Waals surface area contributed by atoms with Crippen LogP contribution in [0.1, 0.15) is 25.3 Å². The molecule has 1 N–H and O–H groups in total. The molecular formula is C25H28FN5OS. The number of thioether (sulfide) groups is 1. The standard InChI is InChI=1S/C25H28FN5OS/c1-18(2)19-3-7-21(8-4-19)27-24(32)17-33-25-12-11-23(28-29-25)31-15-13-30(14-16-31)22-9-5-20(26)6-10-22/h3-12,18H,13-17H2,1-2H3,(H,27,32). The van der Waals surface area contributed by atoms with Gasteiger partial charge in [0.05, 0.1) is 5.75 Å². The molecule has 1 fully saturated rings. The molecule has 1 saturated heterocycles. The first-order valence-electron chi connectivity index (χ1n) is 11.1. The second kappa shape index (κ2) is 10.7. The SMILES string of the molecule is CC(C)c1ccc(NC(=O)CSc2ccc(N3CCN(c4ccc(F)cc4)CC3)nn2)cc1. The van der Waals surface area contributed by atoms with Gasteiger partial charge in [0.15, 0.2) is 5.82 Å². The van der Waals surface area contributed by atoms with E-state index in [0.29, 0.717) is 10.9 Å². The summed E-state index contributed by atoms with van der Waals surface area (Å²) in [5.74, 6) is 1.28. The fourth-order valence-corrected chi connectivity index (χ4v) is 4.31. The van der Waals surface area contributed by atoms with E-state index >= 15 is 0 Å². The lowest BCUT2D eigenvalue weighted by Gasteiger charge is -2.36. The Morgan fingerprint density at radius 1 is 0.939 bits per heavy atom. The van der Waals surface area contributed by atoms with Crippen LogP contribution in [0.2, 0.25) is 0 Å². The molecule has 0 unspecified atom stereocenters. The van der Waals surface area contributed by atoms with Crippen LogP contribution in [0.3, 0.4) is 0 Å². The number of nitrogens with one attached hydrogen (secondary N) is 1. The molecule has 8 heteroatoms. The zero-order chi connectivity index (χ0) is 23.2. The Kier molecular flexibility index (Phi) is 7.44. The molecule has 0 spiro atoms. The summed E-state index contributed by atoms with van der Waals surface area (Å²) < 4.78 is 13.1. The average Bonchev–Trinajstić information content (AvgIpc) is 2.84. The maximum atomic E-state index is 13.1. The summed E-state index contributed by atoms with van der Waals surface area (Å²) >= 11 is 1.37. The molecule has 4 rings (SSSR count). The van der Waals surface area contributed by atoms with Crippen LogP contribution in [0, 0.1) is 5.82 Å². The van der Waals surface area contributed by atoms with E-state index in [-0.39, 0.29) is 17.5 Å². The van der Waals surface area contributed by atoms with Crippen molar-refractivity contribution >= 4 is 34.9 Å². The first kappa shape index (κ1) is 23.0. The summed E-state index contributed by atoms with van der Waals surface area (Å²) in [7, 11) is 0. The first-order chi connectivity index (χ1) is 16.0. The third-order valence-corrected chi connectivity index (χ3v) is 6.55. The summed E-state index contributed by atoms with van der Waals surface area (Å²) in [5, 5.41) is 12.3. The third kappa shape index (κ3) is 6.22. The average molecular weight is 466 g/mol. The van der Waals surface area contributed by atoms with E-state index in [2.05, 4.69) is 39.2 Å². The van der Waals surface area contributed by atoms with Crippen molar-refractivity contribution in [3.8, 4) is 0 Å². The van der Waals surface area contributed by atoms with E-state index in [1.807, 2.05) is 48.5 Å². The second-order valence-corrected chi connectivity index (χ2v) is 9.29. The highest BCUT2D eigenvalue weighted by atomic mass is 32.2. The van der Waals surface area contributed by atoms with E-state index in [9.17, 15) is 9.18 Å². The van der Waals surface area contributed by atoms with Gasteiger partial charge in [0, 0.05) is 37.6 Å². The number of hydrogen-bond acceptors (Lipinski definition) is 6. The van der Waals surface area contributed by atoms with Crippen LogP contribution in [0.5, 0.6) is 0 Å². The summed E-state index contributed by atoms with van der Waals surface area (Å²) in [5.41, 5.74) is 3.07. The highest BCUT2D eigenvalue weighted by Crippen LogP contribution is 2.22. The van der Waals surface area contributed by atoms with Crippen molar-refractivity contribution in [2.24, 2.45) is 0 Å². The zero-order valence-corrected chi connectivity index (χ0v) is 19.7. The molecule has 172 valence electrons. The van der Waals surface area contributed by atoms with Gasteiger partial charge < -0.3 is 15.1 Å². The Labute approximate surface area is 198 Å². The molecule has 0 aliphatic carbocycles. The van der Waals surface area contributed by atoms with Crippen molar-refractivity contribution in [2.45, 2.75) is 24.8 Å². The van der Waals surface area contributed by atoms with Gasteiger partial charge in [-0.25, -0.2) is 4.39 Å². The van der Waals surface area contributed by atoms with Crippen LogP contribution < -0.4 is 15.1 Å². The van der Waals surface area contributed by atoms with Crippen molar-refractivity contribution < 1.29 is 9.18 Å². The Hall–Kier alpha value is -3.13. The van der Waals surface area contributed by atoms with Crippen molar-refractivity contribution in [3.63, 3.8) is 0 Å². The highest BCUT2D eigenvalue weighted by Gasteiger charge is 2.19. The number of anilines is 3. The van der Waals surface area contributed by atoms with E-state index < -0.39 is 0 Å². The number of benzene rings is 2. The molecule has 0 atom stereocenters. The molecule has 1 aromatic heterocycles. The molecule has 0 radical (unpaired) electrons. The number of halogens is 1. The lowest BCUT2D eigenvalue weighted by atomic mass is 10.0. The quantitative estimate of drug-likeness (QED) is 0.506. The summed E-state index contributed by atoms with van der Waals surface area (Å²) in [4.78, 5) is 16.7. The van der Waals surface area contributed by atoms with Crippen molar-refractivity contribution in [1.29, 1.82) is 0 Å². The van der Waals surface area contributed by atoms with Gasteiger partial charge in [0.2, 0.25) is 5.91 Å². The fraction of sp³-hybridized carbons (Fsp3) is 0.320. The maximum absolute atomic E-state index is 13.1. The molecular weight excluding hydrogens is 437 g/mol. The lowest BCUT2D eigenvalue weighted by molar-refractivity contribution is -0.113. The van der Waals surface area contributed by atoms with Crippen molar-refractivity contribution in [1.82, 2.24) is 10.2 Å². The second-order valence-electron chi connectivity index (χ2n) is 8.29. The van der Waals surface area contributed by atoms with Crippen LogP contribution in [-0.2, 0) is 4.79 Å². The molecule has 0 saturated carbocycles. The fourth-order valence-electron chi connectivity index (χ4n) is 3.69. The van der Waals surface area contributed by atoms with Crippen LogP contribution in [-0.4, -0.2) is 48.0 Å². The number of hydrogen-bond donors (Lipinski definition) is 1. The van der Waals surface area contributed by atoms with Crippen LogP contribution in [0.4, 0.5) is 21.6 Å². The summed E-state index contributed by atoms with van der Waals surface area (Å²) in [6, 6.07) is 18.4. The first-order valence-corrected chi connectivity index (χ1v) is 12.1. The number of amides is 1. The minimum absolute atomic E-state index is 0.0694. The molecule has 1 aliphatic rings. The summed E-state index contributed by atoms with van der Waals surface area (Å²) in [6.07, 6.45) is 0. The van der Waals surface area contributed by atoms with Crippen molar-refractivity contribution in [2.75, 3.05) is 47.0 Å². The molecule has 3 aromatic rings. The molecule has 2 heterocycles. The lowest BCUT2D eigenvalue weighted by Crippen LogP contribution is -2.46. The van der Waals surface area contributed by atoms with Gasteiger partial charge in [-0.15, -0.1) is 10.2 Å². The molecule has 1 aliphatic heterocycles. The van der Waals surface area contributed by atoms with Gasteiger partial charge in [0.25, 0.3) is 0 Å². The number of carbonyl (C=O) groups is 1. The smallest absolute Gasteiger partial charge is 0.234 e. The van der Waals surface area contributed by atoms with E-state index in [4.69, 9.17) is 0 Å². The van der Waals surface area contributed by atoms with E-state index in [1.165, 1.54) is 29.5 Å². The Balaban J connectivity index is 1.24. The molecule has 1 amide bonds. The summed E-state index contributed by atoms with van der Waals surface area (Å²) in [6.45, 7) is 7.59. The Morgan fingerprint density at radius 2 is 1.61 bits per heavy atom. The minimum Gasteiger partial charge on any atom is -0.368 e. The monoisotopic (exact) mass is 465 g/mol. The normalized spacial score (nSPS) is 13.9. The van der Waals surface area contributed by atoms with Crippen molar-refractivity contribution in [3.05, 3.63) is 72.0 Å². The van der Waals surface area contributed by atoms with Gasteiger partial charge in [-0.2, -0.15) is 0 Å². The number of nitrogens with zero attached hydrogens (tertiary/aromatic N) is 4.